The van der Waals surface area contributed by atoms with Crippen LogP contribution in [0.3, 0.4) is 0 Å². The lowest BCUT2D eigenvalue weighted by Gasteiger charge is -2.34. The molecule has 1 aromatic carbocycles. The van der Waals surface area contributed by atoms with Crippen LogP contribution >= 0.6 is 11.3 Å². The molecule has 0 spiro atoms. The highest BCUT2D eigenvalue weighted by molar-refractivity contribution is 7.13. The number of nitrogens with zero attached hydrogens (tertiary/aromatic N) is 3. The molecule has 29 heavy (non-hydrogen) atoms. The van der Waals surface area contributed by atoms with Crippen LogP contribution in [0.5, 0.6) is 0 Å². The van der Waals surface area contributed by atoms with Crippen LogP contribution in [0.1, 0.15) is 41.0 Å². The van der Waals surface area contributed by atoms with Crippen molar-refractivity contribution in [2.75, 3.05) is 43.4 Å². The van der Waals surface area contributed by atoms with Gasteiger partial charge in [0.1, 0.15) is 4.88 Å². The monoisotopic (exact) mass is 426 g/mol. The molecule has 158 valence electrons. The molecule has 1 aliphatic heterocycles. The zero-order chi connectivity index (χ0) is 21.4. The van der Waals surface area contributed by atoms with Gasteiger partial charge in [-0.3, -0.25) is 4.79 Å². The fraction of sp³-hybridized carbons (Fsp3) is 0.500. The molecule has 9 heteroatoms. The van der Waals surface area contributed by atoms with Gasteiger partial charge < -0.3 is 15.1 Å². The normalized spacial score (nSPS) is 16.2. The topological polar surface area (TPSA) is 48.5 Å². The molecule has 0 bridgehead atoms. The summed E-state index contributed by atoms with van der Waals surface area (Å²) in [6.07, 6.45) is -3.16. The zero-order valence-electron chi connectivity index (χ0n) is 16.9. The Morgan fingerprint density at radius 1 is 1.14 bits per heavy atom. The number of aromatic nitrogens is 1. The van der Waals surface area contributed by atoms with E-state index in [0.29, 0.717) is 18.8 Å². The number of halogens is 3. The Hall–Kier alpha value is -2.13. The molecule has 1 aliphatic rings. The van der Waals surface area contributed by atoms with E-state index < -0.39 is 17.6 Å². The lowest BCUT2D eigenvalue weighted by Crippen LogP contribution is -2.44. The van der Waals surface area contributed by atoms with Crippen molar-refractivity contribution in [2.45, 2.75) is 32.4 Å². The van der Waals surface area contributed by atoms with E-state index in [9.17, 15) is 18.0 Å². The van der Waals surface area contributed by atoms with E-state index in [0.717, 1.165) is 24.2 Å². The van der Waals surface area contributed by atoms with Crippen molar-refractivity contribution < 1.29 is 18.0 Å². The number of nitrogens with one attached hydrogen (secondary N) is 1. The SMILES string of the molecule is CN1CCN(c2ccc(NC(=O)c3cnc(C(C)(C)C)s3)c(C(F)(F)F)c2)CC1. The van der Waals surface area contributed by atoms with Gasteiger partial charge in [-0.15, -0.1) is 11.3 Å². The van der Waals surface area contributed by atoms with Gasteiger partial charge in [-0.05, 0) is 25.2 Å². The van der Waals surface area contributed by atoms with Crippen LogP contribution in [0.2, 0.25) is 0 Å². The molecule has 1 N–H and O–H groups in total. The summed E-state index contributed by atoms with van der Waals surface area (Å²) in [7, 11) is 1.99. The Morgan fingerprint density at radius 3 is 2.34 bits per heavy atom. The number of hydrogen-bond acceptors (Lipinski definition) is 5. The second-order valence-electron chi connectivity index (χ2n) is 8.25. The Balaban J connectivity index is 1.84. The van der Waals surface area contributed by atoms with E-state index in [1.807, 2.05) is 32.7 Å². The number of likely N-dealkylation sites (N-methyl/N-ethyl adjacent to an activating group) is 1. The highest BCUT2D eigenvalue weighted by Gasteiger charge is 2.35. The summed E-state index contributed by atoms with van der Waals surface area (Å²) in [4.78, 5) is 21.1. The molecule has 0 unspecified atom stereocenters. The Labute approximate surface area is 172 Å². The lowest BCUT2D eigenvalue weighted by molar-refractivity contribution is -0.136. The van der Waals surface area contributed by atoms with Crippen LogP contribution in [0.25, 0.3) is 0 Å². The molecule has 0 saturated carbocycles. The van der Waals surface area contributed by atoms with Crippen molar-refractivity contribution in [3.05, 3.63) is 39.8 Å². The first-order valence-electron chi connectivity index (χ1n) is 9.37. The predicted molar refractivity (Wildman–Crippen MR) is 110 cm³/mol. The summed E-state index contributed by atoms with van der Waals surface area (Å²) in [6, 6.07) is 4.08. The van der Waals surface area contributed by atoms with Gasteiger partial charge in [0.2, 0.25) is 0 Å². The standard InChI is InChI=1S/C20H25F3N4OS/c1-19(2,3)18-24-12-16(29-18)17(28)25-15-6-5-13(11-14(15)20(21,22)23)27-9-7-26(4)8-10-27/h5-6,11-12H,7-10H2,1-4H3,(H,25,28). The Morgan fingerprint density at radius 2 is 1.79 bits per heavy atom. The van der Waals surface area contributed by atoms with Crippen LogP contribution in [-0.2, 0) is 11.6 Å². The molecule has 3 rings (SSSR count). The molecule has 1 aromatic heterocycles. The third-order valence-electron chi connectivity index (χ3n) is 4.80. The number of carbonyl (C=O) groups is 1. The van der Waals surface area contributed by atoms with E-state index in [1.165, 1.54) is 23.6 Å². The summed E-state index contributed by atoms with van der Waals surface area (Å²) in [5.41, 5.74) is -0.810. The first-order chi connectivity index (χ1) is 13.4. The maximum absolute atomic E-state index is 13.7. The number of hydrogen-bond donors (Lipinski definition) is 1. The largest absolute Gasteiger partial charge is 0.418 e. The van der Waals surface area contributed by atoms with Gasteiger partial charge in [-0.2, -0.15) is 13.2 Å². The van der Waals surface area contributed by atoms with Crippen LogP contribution in [0, 0.1) is 0 Å². The summed E-state index contributed by atoms with van der Waals surface area (Å²) < 4.78 is 41.0. The van der Waals surface area contributed by atoms with Crippen molar-refractivity contribution in [3.63, 3.8) is 0 Å². The van der Waals surface area contributed by atoms with Crippen molar-refractivity contribution in [1.82, 2.24) is 9.88 Å². The lowest BCUT2D eigenvalue weighted by atomic mass is 9.98. The molecule has 0 radical (unpaired) electrons. The van der Waals surface area contributed by atoms with Gasteiger partial charge in [0.25, 0.3) is 5.91 Å². The number of carbonyl (C=O) groups excluding carboxylic acids is 1. The molecule has 1 fully saturated rings. The molecule has 2 aromatic rings. The minimum atomic E-state index is -4.57. The molecule has 1 saturated heterocycles. The second kappa shape index (κ2) is 7.95. The number of amides is 1. The van der Waals surface area contributed by atoms with Crippen molar-refractivity contribution in [3.8, 4) is 0 Å². The summed E-state index contributed by atoms with van der Waals surface area (Å²) in [6.45, 7) is 8.81. The van der Waals surface area contributed by atoms with Crippen LogP contribution in [-0.4, -0.2) is 49.0 Å². The third-order valence-corrected chi connectivity index (χ3v) is 6.22. The first kappa shape index (κ1) is 21.6. The average molecular weight is 427 g/mol. The van der Waals surface area contributed by atoms with E-state index in [2.05, 4.69) is 15.2 Å². The second-order valence-corrected chi connectivity index (χ2v) is 9.28. The number of thiazole rings is 1. The smallest absolute Gasteiger partial charge is 0.369 e. The molecule has 0 atom stereocenters. The van der Waals surface area contributed by atoms with E-state index >= 15 is 0 Å². The highest BCUT2D eigenvalue weighted by Crippen LogP contribution is 2.38. The molecule has 5 nitrogen and oxygen atoms in total. The predicted octanol–water partition coefficient (Wildman–Crippen LogP) is 4.46. The zero-order valence-corrected chi connectivity index (χ0v) is 17.7. The fourth-order valence-electron chi connectivity index (χ4n) is 3.05. The van der Waals surface area contributed by atoms with Crippen LogP contribution in [0.15, 0.2) is 24.4 Å². The maximum atomic E-state index is 13.7. The number of alkyl halides is 3. The van der Waals surface area contributed by atoms with Gasteiger partial charge in [0, 0.05) is 37.3 Å². The molecule has 2 heterocycles. The van der Waals surface area contributed by atoms with Crippen molar-refractivity contribution >= 4 is 28.6 Å². The molecule has 1 amide bonds. The highest BCUT2D eigenvalue weighted by atomic mass is 32.1. The minimum absolute atomic E-state index is 0.232. The fourth-order valence-corrected chi connectivity index (χ4v) is 3.92. The van der Waals surface area contributed by atoms with Gasteiger partial charge in [-0.25, -0.2) is 4.98 Å². The van der Waals surface area contributed by atoms with E-state index in [4.69, 9.17) is 0 Å². The van der Waals surface area contributed by atoms with E-state index in [-0.39, 0.29) is 16.0 Å². The van der Waals surface area contributed by atoms with Crippen LogP contribution in [0.4, 0.5) is 24.5 Å². The van der Waals surface area contributed by atoms with Gasteiger partial charge in [0.15, 0.2) is 0 Å². The molecular weight excluding hydrogens is 401 g/mol. The quantitative estimate of drug-likeness (QED) is 0.787. The number of anilines is 2. The molecule has 0 aliphatic carbocycles. The summed E-state index contributed by atoms with van der Waals surface area (Å²) in [5.74, 6) is -0.587. The summed E-state index contributed by atoms with van der Waals surface area (Å²) in [5, 5.41) is 3.17. The van der Waals surface area contributed by atoms with Crippen molar-refractivity contribution in [2.24, 2.45) is 0 Å². The minimum Gasteiger partial charge on any atom is -0.369 e. The van der Waals surface area contributed by atoms with Crippen molar-refractivity contribution in [1.29, 1.82) is 0 Å². The number of benzene rings is 1. The van der Waals surface area contributed by atoms with Gasteiger partial charge in [-0.1, -0.05) is 20.8 Å². The molecular formula is C20H25F3N4OS. The Bertz CT molecular complexity index is 881. The Kier molecular flexibility index (Phi) is 5.91. The maximum Gasteiger partial charge on any atom is 0.418 e. The van der Waals surface area contributed by atoms with Crippen LogP contribution < -0.4 is 10.2 Å². The number of rotatable bonds is 3. The van der Waals surface area contributed by atoms with Gasteiger partial charge in [0.05, 0.1) is 22.5 Å². The summed E-state index contributed by atoms with van der Waals surface area (Å²) >= 11 is 1.19. The first-order valence-corrected chi connectivity index (χ1v) is 10.2. The number of piperazine rings is 1. The average Bonchev–Trinajstić information content (AvgIpc) is 3.12. The third kappa shape index (κ3) is 5.08. The van der Waals surface area contributed by atoms with E-state index in [1.54, 1.807) is 6.07 Å². The van der Waals surface area contributed by atoms with Gasteiger partial charge >= 0.3 is 6.18 Å².